The number of fused-ring (bicyclic) bond motifs is 2. The van der Waals surface area contributed by atoms with Crippen molar-refractivity contribution < 1.29 is 4.79 Å². The van der Waals surface area contributed by atoms with E-state index in [0.29, 0.717) is 11.5 Å². The monoisotopic (exact) mass is 414 g/mol. The van der Waals surface area contributed by atoms with Gasteiger partial charge in [0.05, 0.1) is 35.6 Å². The number of imidazole rings is 1. The zero-order chi connectivity index (χ0) is 20.9. The van der Waals surface area contributed by atoms with Crippen LogP contribution in [0.4, 0.5) is 5.82 Å². The van der Waals surface area contributed by atoms with Gasteiger partial charge in [-0.05, 0) is 37.5 Å². The van der Waals surface area contributed by atoms with Crippen molar-refractivity contribution in [3.05, 3.63) is 71.5 Å². The molecule has 5 heterocycles. The Morgan fingerprint density at radius 1 is 1.23 bits per heavy atom. The topological polar surface area (TPSA) is 104 Å². The average Bonchev–Trinajstić information content (AvgIpc) is 3.29. The van der Waals surface area contributed by atoms with Crippen LogP contribution in [0.15, 0.2) is 43.1 Å². The molecule has 4 aromatic rings. The number of carbonyl (C=O) groups is 1. The quantitative estimate of drug-likeness (QED) is 0.531. The molecule has 1 atom stereocenters. The number of H-pyrrole nitrogens is 1. The SMILES string of the molecule is Cc1cccn2nc([C@@H]3c4nc[nH]c4CCN3c3cnc(C(=O)NC4CC4)cn3)cc12. The van der Waals surface area contributed by atoms with Gasteiger partial charge >= 0.3 is 0 Å². The van der Waals surface area contributed by atoms with Crippen molar-refractivity contribution >= 4 is 17.2 Å². The van der Waals surface area contributed by atoms with Crippen LogP contribution in [-0.2, 0) is 6.42 Å². The molecular weight excluding hydrogens is 392 g/mol. The normalized spacial score (nSPS) is 18.2. The molecule has 2 aliphatic rings. The molecule has 0 unspecified atom stereocenters. The Balaban J connectivity index is 1.38. The van der Waals surface area contributed by atoms with Crippen molar-refractivity contribution in [1.29, 1.82) is 0 Å². The minimum absolute atomic E-state index is 0.165. The van der Waals surface area contributed by atoms with E-state index in [0.717, 1.165) is 54.0 Å². The van der Waals surface area contributed by atoms with Crippen LogP contribution in [0.25, 0.3) is 5.52 Å². The Kier molecular flexibility index (Phi) is 4.02. The summed E-state index contributed by atoms with van der Waals surface area (Å²) in [6, 6.07) is 6.29. The number of aromatic nitrogens is 6. The summed E-state index contributed by atoms with van der Waals surface area (Å²) in [6.45, 7) is 2.82. The molecule has 1 aliphatic heterocycles. The Morgan fingerprint density at radius 3 is 2.90 bits per heavy atom. The van der Waals surface area contributed by atoms with Crippen LogP contribution >= 0.6 is 0 Å². The molecule has 9 nitrogen and oxygen atoms in total. The summed E-state index contributed by atoms with van der Waals surface area (Å²) < 4.78 is 1.90. The number of anilines is 1. The van der Waals surface area contributed by atoms with Gasteiger partial charge in [-0.25, -0.2) is 19.5 Å². The van der Waals surface area contributed by atoms with E-state index in [-0.39, 0.29) is 18.0 Å². The number of aromatic amines is 1. The number of hydrogen-bond donors (Lipinski definition) is 2. The third-order valence-corrected chi connectivity index (χ3v) is 6.01. The maximum Gasteiger partial charge on any atom is 0.271 e. The highest BCUT2D eigenvalue weighted by Crippen LogP contribution is 2.36. The highest BCUT2D eigenvalue weighted by atomic mass is 16.2. The van der Waals surface area contributed by atoms with E-state index in [1.165, 1.54) is 0 Å². The second kappa shape index (κ2) is 6.90. The number of nitrogens with zero attached hydrogens (tertiary/aromatic N) is 6. The van der Waals surface area contributed by atoms with E-state index in [4.69, 9.17) is 5.10 Å². The minimum Gasteiger partial charge on any atom is -0.348 e. The maximum atomic E-state index is 12.3. The van der Waals surface area contributed by atoms with Gasteiger partial charge in [0.1, 0.15) is 17.6 Å². The summed E-state index contributed by atoms with van der Waals surface area (Å²) in [6.07, 6.45) is 9.82. The first-order valence-corrected chi connectivity index (χ1v) is 10.5. The van der Waals surface area contributed by atoms with Crippen LogP contribution in [0, 0.1) is 6.92 Å². The molecule has 4 aromatic heterocycles. The lowest BCUT2D eigenvalue weighted by Crippen LogP contribution is -2.37. The number of hydrogen-bond acceptors (Lipinski definition) is 6. The van der Waals surface area contributed by atoms with Crippen LogP contribution < -0.4 is 10.2 Å². The van der Waals surface area contributed by atoms with Crippen molar-refractivity contribution in [3.8, 4) is 0 Å². The molecule has 1 amide bonds. The van der Waals surface area contributed by atoms with Gasteiger partial charge in [-0.15, -0.1) is 0 Å². The lowest BCUT2D eigenvalue weighted by molar-refractivity contribution is 0.0945. The van der Waals surface area contributed by atoms with E-state index in [1.54, 1.807) is 18.7 Å². The van der Waals surface area contributed by atoms with Gasteiger partial charge in [-0.3, -0.25) is 4.79 Å². The fourth-order valence-corrected chi connectivity index (χ4v) is 4.21. The van der Waals surface area contributed by atoms with E-state index >= 15 is 0 Å². The first-order valence-electron chi connectivity index (χ1n) is 10.5. The molecule has 2 N–H and O–H groups in total. The van der Waals surface area contributed by atoms with Crippen molar-refractivity contribution in [2.75, 3.05) is 11.4 Å². The highest BCUT2D eigenvalue weighted by molar-refractivity contribution is 5.92. The van der Waals surface area contributed by atoms with Crippen LogP contribution in [0.1, 0.15) is 52.0 Å². The maximum absolute atomic E-state index is 12.3. The Hall–Kier alpha value is -3.75. The largest absolute Gasteiger partial charge is 0.348 e. The molecule has 0 bridgehead atoms. The molecule has 156 valence electrons. The zero-order valence-electron chi connectivity index (χ0n) is 17.1. The molecule has 9 heteroatoms. The Morgan fingerprint density at radius 2 is 2.13 bits per heavy atom. The lowest BCUT2D eigenvalue weighted by Gasteiger charge is -2.34. The minimum atomic E-state index is -0.185. The number of amides is 1. The first-order chi connectivity index (χ1) is 15.2. The molecule has 1 saturated carbocycles. The highest BCUT2D eigenvalue weighted by Gasteiger charge is 2.34. The molecule has 0 saturated heterocycles. The third kappa shape index (κ3) is 3.13. The zero-order valence-corrected chi connectivity index (χ0v) is 17.1. The molecule has 0 spiro atoms. The molecule has 31 heavy (non-hydrogen) atoms. The van der Waals surface area contributed by atoms with Gasteiger partial charge in [0.15, 0.2) is 0 Å². The molecule has 0 aromatic carbocycles. The average molecular weight is 414 g/mol. The van der Waals surface area contributed by atoms with E-state index in [2.05, 4.69) is 49.2 Å². The predicted molar refractivity (Wildman–Crippen MR) is 114 cm³/mol. The summed E-state index contributed by atoms with van der Waals surface area (Å²) in [5, 5.41) is 7.80. The van der Waals surface area contributed by atoms with Crippen molar-refractivity contribution in [2.45, 2.75) is 38.3 Å². The van der Waals surface area contributed by atoms with Crippen LogP contribution in [-0.4, -0.2) is 48.0 Å². The number of rotatable bonds is 4. The van der Waals surface area contributed by atoms with E-state index in [1.807, 2.05) is 16.8 Å². The van der Waals surface area contributed by atoms with Gasteiger partial charge in [0.25, 0.3) is 5.91 Å². The molecule has 1 aliphatic carbocycles. The van der Waals surface area contributed by atoms with Gasteiger partial charge in [-0.2, -0.15) is 5.10 Å². The number of carbonyl (C=O) groups excluding carboxylic acids is 1. The summed E-state index contributed by atoms with van der Waals surface area (Å²) >= 11 is 0. The van der Waals surface area contributed by atoms with Gasteiger partial charge in [-0.1, -0.05) is 6.07 Å². The van der Waals surface area contributed by atoms with Crippen molar-refractivity contribution in [3.63, 3.8) is 0 Å². The summed E-state index contributed by atoms with van der Waals surface area (Å²) in [5.74, 6) is 0.539. The van der Waals surface area contributed by atoms with Gasteiger partial charge < -0.3 is 15.2 Å². The molecule has 0 radical (unpaired) electrons. The van der Waals surface area contributed by atoms with E-state index < -0.39 is 0 Å². The molecule has 1 fully saturated rings. The number of pyridine rings is 1. The van der Waals surface area contributed by atoms with E-state index in [9.17, 15) is 4.79 Å². The van der Waals surface area contributed by atoms with Crippen LogP contribution in [0.2, 0.25) is 0 Å². The fraction of sp³-hybridized carbons (Fsp3) is 0.318. The lowest BCUT2D eigenvalue weighted by atomic mass is 9.99. The second-order valence-corrected chi connectivity index (χ2v) is 8.21. The third-order valence-electron chi connectivity index (χ3n) is 6.01. The van der Waals surface area contributed by atoms with Crippen LogP contribution in [0.3, 0.4) is 0 Å². The first kappa shape index (κ1) is 18.1. The second-order valence-electron chi connectivity index (χ2n) is 8.21. The summed E-state index contributed by atoms with van der Waals surface area (Å²) in [7, 11) is 0. The fourth-order valence-electron chi connectivity index (χ4n) is 4.21. The Bertz CT molecular complexity index is 1270. The number of aryl methyl sites for hydroxylation is 1. The van der Waals surface area contributed by atoms with Crippen molar-refractivity contribution in [2.24, 2.45) is 0 Å². The van der Waals surface area contributed by atoms with Gasteiger partial charge in [0, 0.05) is 30.9 Å². The van der Waals surface area contributed by atoms with Gasteiger partial charge in [0.2, 0.25) is 0 Å². The predicted octanol–water partition coefficient (Wildman–Crippen LogP) is 2.20. The summed E-state index contributed by atoms with van der Waals surface area (Å²) in [5.41, 5.74) is 5.54. The standard InChI is InChI=1S/C22H22N8O/c1-13-3-2-7-30-18(13)9-16(28-30)21-20-15(25-12-26-20)6-8-29(21)19-11-23-17(10-24-19)22(31)27-14-4-5-14/h2-3,7,9-12,14,21H,4-6,8H2,1H3,(H,25,26)(H,27,31)/t21-/m1/s1. The van der Waals surface area contributed by atoms with Crippen molar-refractivity contribution in [1.82, 2.24) is 34.9 Å². The molecular formula is C22H22N8O. The molecule has 6 rings (SSSR count). The smallest absolute Gasteiger partial charge is 0.271 e. The summed E-state index contributed by atoms with van der Waals surface area (Å²) in [4.78, 5) is 31.3. The van der Waals surface area contributed by atoms with Crippen LogP contribution in [0.5, 0.6) is 0 Å². The number of nitrogens with one attached hydrogen (secondary N) is 2. The Labute approximate surface area is 178 Å².